The van der Waals surface area contributed by atoms with Crippen molar-refractivity contribution in [3.63, 3.8) is 0 Å². The third-order valence-corrected chi connectivity index (χ3v) is 4.87. The van der Waals surface area contributed by atoms with Crippen molar-refractivity contribution in [2.45, 2.75) is 59.0 Å². The van der Waals surface area contributed by atoms with Crippen molar-refractivity contribution in [2.24, 2.45) is 0 Å². The number of hydrogen-bond donors (Lipinski definition) is 0. The molecule has 4 nitrogen and oxygen atoms in total. The number of hydrogen-bond acceptors (Lipinski definition) is 2. The van der Waals surface area contributed by atoms with E-state index in [9.17, 15) is 4.79 Å². The summed E-state index contributed by atoms with van der Waals surface area (Å²) in [5.41, 5.74) is 3.57. The van der Waals surface area contributed by atoms with Crippen LogP contribution in [0, 0.1) is 0 Å². The van der Waals surface area contributed by atoms with Crippen LogP contribution in [-0.4, -0.2) is 26.9 Å². The number of fused-ring (bicyclic) bond motifs is 1. The summed E-state index contributed by atoms with van der Waals surface area (Å²) in [5.74, 6) is 0.613. The molecule has 0 saturated carbocycles. The van der Waals surface area contributed by atoms with Gasteiger partial charge in [-0.2, -0.15) is 0 Å². The van der Waals surface area contributed by atoms with E-state index in [0.29, 0.717) is 5.82 Å². The topological polar surface area (TPSA) is 38.1 Å². The van der Waals surface area contributed by atoms with Gasteiger partial charge in [-0.05, 0) is 29.9 Å². The normalized spacial score (nSPS) is 17.5. The lowest BCUT2D eigenvalue weighted by molar-refractivity contribution is 0.0708. The van der Waals surface area contributed by atoms with Gasteiger partial charge in [0.05, 0.1) is 11.9 Å². The average molecular weight is 325 g/mol. The second-order valence-electron chi connectivity index (χ2n) is 7.65. The summed E-state index contributed by atoms with van der Waals surface area (Å²) < 4.78 is 2.07. The highest BCUT2D eigenvalue weighted by Crippen LogP contribution is 2.33. The Balaban J connectivity index is 1.94. The molecular weight excluding hydrogens is 298 g/mol. The number of carbonyl (C=O) groups excluding carboxylic acids is 1. The Morgan fingerprint density at radius 1 is 1.17 bits per heavy atom. The molecule has 1 amide bonds. The lowest BCUT2D eigenvalue weighted by Gasteiger charge is -2.23. The summed E-state index contributed by atoms with van der Waals surface area (Å²) in [5, 5.41) is 0. The molecule has 0 bridgehead atoms. The number of amides is 1. The van der Waals surface area contributed by atoms with Crippen molar-refractivity contribution in [1.29, 1.82) is 0 Å². The zero-order valence-corrected chi connectivity index (χ0v) is 15.3. The Labute approximate surface area is 144 Å². The van der Waals surface area contributed by atoms with Crippen molar-refractivity contribution in [3.8, 4) is 11.3 Å². The summed E-state index contributed by atoms with van der Waals surface area (Å²) >= 11 is 0. The van der Waals surface area contributed by atoms with Crippen LogP contribution in [-0.2, 0) is 5.41 Å². The SMILES string of the molecule is CCCCN1C(=O)c2ncc(-c3ccc(C(C)(C)C)cc3)n2C1C. The third-order valence-electron chi connectivity index (χ3n) is 4.87. The lowest BCUT2D eigenvalue weighted by atomic mass is 9.86. The Hall–Kier alpha value is -2.10. The molecule has 0 aliphatic carbocycles. The molecule has 1 aromatic carbocycles. The van der Waals surface area contributed by atoms with Gasteiger partial charge in [0, 0.05) is 6.54 Å². The molecule has 4 heteroatoms. The van der Waals surface area contributed by atoms with Gasteiger partial charge in [-0.25, -0.2) is 4.98 Å². The lowest BCUT2D eigenvalue weighted by Crippen LogP contribution is -2.29. The molecule has 0 fully saturated rings. The van der Waals surface area contributed by atoms with Crippen LogP contribution >= 0.6 is 0 Å². The maximum atomic E-state index is 12.6. The van der Waals surface area contributed by atoms with E-state index >= 15 is 0 Å². The molecule has 2 aromatic rings. The number of carbonyl (C=O) groups is 1. The van der Waals surface area contributed by atoms with Crippen LogP contribution in [0.1, 0.15) is 69.8 Å². The second kappa shape index (κ2) is 6.08. The van der Waals surface area contributed by atoms with Crippen molar-refractivity contribution in [3.05, 3.63) is 41.9 Å². The Morgan fingerprint density at radius 2 is 1.83 bits per heavy atom. The molecule has 0 spiro atoms. The van der Waals surface area contributed by atoms with E-state index < -0.39 is 0 Å². The fourth-order valence-electron chi connectivity index (χ4n) is 3.31. The quantitative estimate of drug-likeness (QED) is 0.822. The fraction of sp³-hybridized carbons (Fsp3) is 0.500. The first-order valence-corrected chi connectivity index (χ1v) is 8.83. The van der Waals surface area contributed by atoms with Crippen LogP contribution in [0.5, 0.6) is 0 Å². The molecule has 3 rings (SSSR count). The number of imidazole rings is 1. The molecule has 1 aromatic heterocycles. The van der Waals surface area contributed by atoms with Crippen LogP contribution in [0.4, 0.5) is 0 Å². The number of rotatable bonds is 4. The van der Waals surface area contributed by atoms with E-state index in [1.165, 1.54) is 5.56 Å². The molecule has 24 heavy (non-hydrogen) atoms. The highest BCUT2D eigenvalue weighted by atomic mass is 16.2. The maximum absolute atomic E-state index is 12.6. The minimum absolute atomic E-state index is 0.0267. The van der Waals surface area contributed by atoms with E-state index in [2.05, 4.69) is 68.4 Å². The van der Waals surface area contributed by atoms with Gasteiger partial charge in [0.25, 0.3) is 5.91 Å². The van der Waals surface area contributed by atoms with Crippen LogP contribution in [0.3, 0.4) is 0 Å². The first kappa shape index (κ1) is 16.7. The summed E-state index contributed by atoms with van der Waals surface area (Å²) in [6.07, 6.45) is 3.96. The molecule has 0 N–H and O–H groups in total. The molecule has 0 saturated heterocycles. The number of nitrogens with zero attached hydrogens (tertiary/aromatic N) is 3. The molecule has 1 aliphatic rings. The van der Waals surface area contributed by atoms with Crippen LogP contribution < -0.4 is 0 Å². The molecule has 1 aliphatic heterocycles. The average Bonchev–Trinajstić information content (AvgIpc) is 3.07. The van der Waals surface area contributed by atoms with E-state index in [1.807, 2.05) is 11.1 Å². The van der Waals surface area contributed by atoms with Crippen molar-refractivity contribution in [2.75, 3.05) is 6.54 Å². The van der Waals surface area contributed by atoms with Crippen LogP contribution in [0.2, 0.25) is 0 Å². The Morgan fingerprint density at radius 3 is 2.42 bits per heavy atom. The van der Waals surface area contributed by atoms with Crippen molar-refractivity contribution < 1.29 is 4.79 Å². The predicted molar refractivity (Wildman–Crippen MR) is 97.0 cm³/mol. The highest BCUT2D eigenvalue weighted by molar-refractivity contribution is 5.94. The van der Waals surface area contributed by atoms with Crippen molar-refractivity contribution in [1.82, 2.24) is 14.5 Å². The zero-order valence-electron chi connectivity index (χ0n) is 15.3. The standard InChI is InChI=1S/C20H27N3O/c1-6-7-12-22-14(2)23-17(13-21-18(23)19(22)24)15-8-10-16(11-9-15)20(3,4)5/h8-11,13-14H,6-7,12H2,1-5H3. The van der Waals surface area contributed by atoms with Crippen molar-refractivity contribution >= 4 is 5.91 Å². The van der Waals surface area contributed by atoms with Gasteiger partial charge in [0.1, 0.15) is 6.17 Å². The summed E-state index contributed by atoms with van der Waals surface area (Å²) in [6.45, 7) is 11.7. The number of unbranched alkanes of at least 4 members (excludes halogenated alkanes) is 1. The zero-order chi connectivity index (χ0) is 17.5. The summed E-state index contributed by atoms with van der Waals surface area (Å²) in [6, 6.07) is 8.62. The molecule has 0 radical (unpaired) electrons. The minimum atomic E-state index is 0.0267. The number of aromatic nitrogens is 2. The Bertz CT molecular complexity index is 737. The monoisotopic (exact) mass is 325 g/mol. The van der Waals surface area contributed by atoms with Gasteiger partial charge in [-0.3, -0.25) is 9.36 Å². The minimum Gasteiger partial charge on any atom is -0.315 e. The van der Waals surface area contributed by atoms with Gasteiger partial charge in [-0.15, -0.1) is 0 Å². The molecular formula is C20H27N3O. The van der Waals surface area contributed by atoms with Gasteiger partial charge >= 0.3 is 0 Å². The smallest absolute Gasteiger partial charge is 0.291 e. The van der Waals surface area contributed by atoms with Crippen LogP contribution in [0.15, 0.2) is 30.5 Å². The van der Waals surface area contributed by atoms with Gasteiger partial charge in [0.15, 0.2) is 0 Å². The summed E-state index contributed by atoms with van der Waals surface area (Å²) in [4.78, 5) is 18.9. The van der Waals surface area contributed by atoms with Gasteiger partial charge < -0.3 is 4.90 Å². The molecule has 1 atom stereocenters. The fourth-order valence-corrected chi connectivity index (χ4v) is 3.31. The van der Waals surface area contributed by atoms with Gasteiger partial charge in [-0.1, -0.05) is 58.4 Å². The first-order valence-electron chi connectivity index (χ1n) is 8.83. The van der Waals surface area contributed by atoms with E-state index in [0.717, 1.165) is 30.6 Å². The van der Waals surface area contributed by atoms with E-state index in [-0.39, 0.29) is 17.5 Å². The van der Waals surface area contributed by atoms with Gasteiger partial charge in [0.2, 0.25) is 5.82 Å². The Kier molecular flexibility index (Phi) is 4.24. The maximum Gasteiger partial charge on any atom is 0.291 e. The summed E-state index contributed by atoms with van der Waals surface area (Å²) in [7, 11) is 0. The molecule has 2 heterocycles. The third kappa shape index (κ3) is 2.74. The van der Waals surface area contributed by atoms with Crippen LogP contribution in [0.25, 0.3) is 11.3 Å². The number of benzene rings is 1. The largest absolute Gasteiger partial charge is 0.315 e. The molecule has 1 unspecified atom stereocenters. The second-order valence-corrected chi connectivity index (χ2v) is 7.65. The predicted octanol–water partition coefficient (Wildman–Crippen LogP) is 4.62. The van der Waals surface area contributed by atoms with E-state index in [4.69, 9.17) is 0 Å². The molecule has 128 valence electrons. The van der Waals surface area contributed by atoms with E-state index in [1.54, 1.807) is 0 Å². The first-order chi connectivity index (χ1) is 11.3. The highest BCUT2D eigenvalue weighted by Gasteiger charge is 2.36.